The molecule has 2 N–H and O–H groups in total. The van der Waals surface area contributed by atoms with Gasteiger partial charge in [0.05, 0.1) is 22.5 Å². The predicted octanol–water partition coefficient (Wildman–Crippen LogP) is 3.96. The highest BCUT2D eigenvalue weighted by molar-refractivity contribution is 6.41. The third kappa shape index (κ3) is 6.01. The van der Waals surface area contributed by atoms with Crippen molar-refractivity contribution in [2.45, 2.75) is 6.92 Å². The largest absolute Gasteiger partial charge is 0.423 e. The van der Waals surface area contributed by atoms with Gasteiger partial charge in [-0.15, -0.1) is 0 Å². The van der Waals surface area contributed by atoms with E-state index in [2.05, 4.69) is 15.8 Å². The molecular formula is C23H18ClN3O4. The maximum absolute atomic E-state index is 12.3. The molecule has 0 aliphatic rings. The van der Waals surface area contributed by atoms with Gasteiger partial charge in [0.25, 0.3) is 0 Å². The number of para-hydroxylation sites is 1. The zero-order chi connectivity index (χ0) is 22.2. The summed E-state index contributed by atoms with van der Waals surface area (Å²) in [5, 5.41) is 6.46. The number of anilines is 1. The van der Waals surface area contributed by atoms with Crippen molar-refractivity contribution in [3.05, 3.63) is 94.5 Å². The quantitative estimate of drug-likeness (QED) is 0.208. The van der Waals surface area contributed by atoms with Crippen LogP contribution in [0.1, 0.15) is 21.5 Å². The fourth-order valence-electron chi connectivity index (χ4n) is 2.58. The molecule has 8 heteroatoms. The smallest absolute Gasteiger partial charge is 0.343 e. The molecule has 0 bridgehead atoms. The van der Waals surface area contributed by atoms with Crippen LogP contribution in [0.15, 0.2) is 77.9 Å². The van der Waals surface area contributed by atoms with Crippen LogP contribution in [0.4, 0.5) is 5.69 Å². The number of nitrogens with zero attached hydrogens (tertiary/aromatic N) is 1. The molecular weight excluding hydrogens is 418 g/mol. The second kappa shape index (κ2) is 10.2. The minimum atomic E-state index is -0.960. The lowest BCUT2D eigenvalue weighted by molar-refractivity contribution is -0.136. The molecule has 156 valence electrons. The zero-order valence-electron chi connectivity index (χ0n) is 16.5. The Kier molecular flexibility index (Phi) is 7.13. The minimum Gasteiger partial charge on any atom is -0.423 e. The number of hydrogen-bond acceptors (Lipinski definition) is 5. The monoisotopic (exact) mass is 435 g/mol. The number of carbonyl (C=O) groups excluding carboxylic acids is 3. The summed E-state index contributed by atoms with van der Waals surface area (Å²) in [4.78, 5) is 36.2. The Morgan fingerprint density at radius 2 is 1.68 bits per heavy atom. The van der Waals surface area contributed by atoms with Gasteiger partial charge in [-0.2, -0.15) is 5.10 Å². The molecule has 0 saturated heterocycles. The highest BCUT2D eigenvalue weighted by Crippen LogP contribution is 2.20. The number of hydrogen-bond donors (Lipinski definition) is 2. The maximum Gasteiger partial charge on any atom is 0.343 e. The molecule has 2 amide bonds. The van der Waals surface area contributed by atoms with Crippen molar-refractivity contribution in [1.82, 2.24) is 5.43 Å². The Bertz CT molecular complexity index is 1160. The van der Waals surface area contributed by atoms with Crippen molar-refractivity contribution in [2.24, 2.45) is 5.10 Å². The average molecular weight is 436 g/mol. The summed E-state index contributed by atoms with van der Waals surface area (Å²) in [5.41, 5.74) is 4.28. The number of amides is 2. The lowest BCUT2D eigenvalue weighted by Crippen LogP contribution is -2.32. The molecule has 0 atom stereocenters. The third-order valence-electron chi connectivity index (χ3n) is 4.14. The molecule has 0 aromatic heterocycles. The summed E-state index contributed by atoms with van der Waals surface area (Å²) in [6.07, 6.45) is 1.33. The van der Waals surface area contributed by atoms with Gasteiger partial charge in [0.1, 0.15) is 5.75 Å². The molecule has 0 spiro atoms. The third-order valence-corrected chi connectivity index (χ3v) is 4.47. The van der Waals surface area contributed by atoms with Crippen LogP contribution < -0.4 is 15.5 Å². The Balaban J connectivity index is 1.58. The molecule has 0 unspecified atom stereocenters. The van der Waals surface area contributed by atoms with E-state index in [1.54, 1.807) is 60.7 Å². The molecule has 0 radical (unpaired) electrons. The van der Waals surface area contributed by atoms with E-state index in [4.69, 9.17) is 16.3 Å². The molecule has 0 saturated carbocycles. The van der Waals surface area contributed by atoms with Crippen molar-refractivity contribution < 1.29 is 19.1 Å². The number of nitrogens with one attached hydrogen (secondary N) is 2. The van der Waals surface area contributed by atoms with E-state index in [0.717, 1.165) is 5.56 Å². The summed E-state index contributed by atoms with van der Waals surface area (Å²) in [7, 11) is 0. The van der Waals surface area contributed by atoms with Crippen molar-refractivity contribution in [2.75, 3.05) is 5.32 Å². The second-order valence-corrected chi connectivity index (χ2v) is 6.82. The number of esters is 1. The lowest BCUT2D eigenvalue weighted by atomic mass is 10.1. The molecule has 31 heavy (non-hydrogen) atoms. The summed E-state index contributed by atoms with van der Waals surface area (Å²) in [6, 6.07) is 20.2. The van der Waals surface area contributed by atoms with Gasteiger partial charge < -0.3 is 10.1 Å². The molecule has 7 nitrogen and oxygen atoms in total. The van der Waals surface area contributed by atoms with Crippen LogP contribution in [0.5, 0.6) is 5.75 Å². The zero-order valence-corrected chi connectivity index (χ0v) is 17.2. The Morgan fingerprint density at radius 3 is 2.45 bits per heavy atom. The average Bonchev–Trinajstić information content (AvgIpc) is 2.75. The van der Waals surface area contributed by atoms with Gasteiger partial charge in [-0.05, 0) is 48.4 Å². The summed E-state index contributed by atoms with van der Waals surface area (Å²) < 4.78 is 5.40. The van der Waals surface area contributed by atoms with E-state index in [-0.39, 0.29) is 0 Å². The summed E-state index contributed by atoms with van der Waals surface area (Å²) in [6.45, 7) is 1.82. The number of halogens is 1. The van der Waals surface area contributed by atoms with Crippen molar-refractivity contribution in [3.8, 4) is 5.75 Å². The van der Waals surface area contributed by atoms with Crippen LogP contribution in [0.3, 0.4) is 0 Å². The van der Waals surface area contributed by atoms with Crippen LogP contribution in [-0.2, 0) is 9.59 Å². The van der Waals surface area contributed by atoms with Gasteiger partial charge in [0.15, 0.2) is 0 Å². The van der Waals surface area contributed by atoms with Crippen LogP contribution in [0.2, 0.25) is 5.02 Å². The van der Waals surface area contributed by atoms with Gasteiger partial charge in [-0.1, -0.05) is 54.1 Å². The van der Waals surface area contributed by atoms with Gasteiger partial charge in [-0.25, -0.2) is 10.2 Å². The fraction of sp³-hybridized carbons (Fsp3) is 0.0435. The molecule has 0 heterocycles. The van der Waals surface area contributed by atoms with Crippen LogP contribution in [-0.4, -0.2) is 24.0 Å². The number of rotatable bonds is 5. The van der Waals surface area contributed by atoms with E-state index in [1.165, 1.54) is 6.21 Å². The number of ether oxygens (including phenoxy) is 1. The fourth-order valence-corrected chi connectivity index (χ4v) is 2.76. The van der Waals surface area contributed by atoms with Crippen molar-refractivity contribution in [1.29, 1.82) is 0 Å². The first-order valence-corrected chi connectivity index (χ1v) is 9.58. The SMILES string of the molecule is Cc1ccccc1C(=O)Oc1cccc(/C=N/NC(=O)C(=O)Nc2ccccc2Cl)c1. The maximum atomic E-state index is 12.3. The van der Waals surface area contributed by atoms with Crippen molar-refractivity contribution >= 4 is 41.3 Å². The highest BCUT2D eigenvalue weighted by Gasteiger charge is 2.14. The van der Waals surface area contributed by atoms with E-state index >= 15 is 0 Å². The van der Waals surface area contributed by atoms with Crippen LogP contribution in [0, 0.1) is 6.92 Å². The number of benzene rings is 3. The standard InChI is InChI=1S/C23H18ClN3O4/c1-15-7-2-3-10-18(15)23(30)31-17-9-6-8-16(13-17)14-25-27-22(29)21(28)26-20-12-5-4-11-19(20)24/h2-14H,1H3,(H,26,28)(H,27,29)/b25-14+. The first-order valence-electron chi connectivity index (χ1n) is 9.21. The van der Waals surface area contributed by atoms with E-state index in [1.807, 2.05) is 19.1 Å². The summed E-state index contributed by atoms with van der Waals surface area (Å²) >= 11 is 5.94. The number of hydrazone groups is 1. The number of aryl methyl sites for hydroxylation is 1. The van der Waals surface area contributed by atoms with E-state index < -0.39 is 17.8 Å². The Hall–Kier alpha value is -3.97. The van der Waals surface area contributed by atoms with Gasteiger partial charge >= 0.3 is 17.8 Å². The first kappa shape index (κ1) is 21.7. The highest BCUT2D eigenvalue weighted by atomic mass is 35.5. The van der Waals surface area contributed by atoms with Crippen LogP contribution in [0.25, 0.3) is 0 Å². The van der Waals surface area contributed by atoms with E-state index in [9.17, 15) is 14.4 Å². The van der Waals surface area contributed by atoms with E-state index in [0.29, 0.717) is 27.6 Å². The molecule has 0 fully saturated rings. The second-order valence-electron chi connectivity index (χ2n) is 6.41. The molecule has 3 aromatic rings. The number of carbonyl (C=O) groups is 3. The predicted molar refractivity (Wildman–Crippen MR) is 118 cm³/mol. The Labute approximate surface area is 183 Å². The van der Waals surface area contributed by atoms with Crippen molar-refractivity contribution in [3.63, 3.8) is 0 Å². The molecule has 3 rings (SSSR count). The minimum absolute atomic E-state index is 0.309. The first-order chi connectivity index (χ1) is 14.9. The van der Waals surface area contributed by atoms with Gasteiger partial charge in [0, 0.05) is 0 Å². The molecule has 0 aliphatic heterocycles. The topological polar surface area (TPSA) is 96.9 Å². The normalized spacial score (nSPS) is 10.5. The molecule has 0 aliphatic carbocycles. The summed E-state index contributed by atoms with van der Waals surface area (Å²) in [5.74, 6) is -2.03. The van der Waals surface area contributed by atoms with Gasteiger partial charge in [0.2, 0.25) is 0 Å². The van der Waals surface area contributed by atoms with Gasteiger partial charge in [-0.3, -0.25) is 9.59 Å². The van der Waals surface area contributed by atoms with Crippen LogP contribution >= 0.6 is 11.6 Å². The lowest BCUT2D eigenvalue weighted by Gasteiger charge is -2.07. The Morgan fingerprint density at radius 1 is 0.935 bits per heavy atom. The molecule has 3 aromatic carbocycles.